The van der Waals surface area contributed by atoms with Crippen molar-refractivity contribution in [3.8, 4) is 5.69 Å². The van der Waals surface area contributed by atoms with Crippen LogP contribution in [0, 0.1) is 6.92 Å². The molecular formula is C25H23ClN3O2S2+. The summed E-state index contributed by atoms with van der Waals surface area (Å²) in [5.41, 5.74) is 3.48. The van der Waals surface area contributed by atoms with E-state index in [9.17, 15) is 9.59 Å². The molecule has 4 aromatic rings. The van der Waals surface area contributed by atoms with Gasteiger partial charge in [-0.05, 0) is 48.4 Å². The molecule has 1 unspecified atom stereocenters. The Kier molecular flexibility index (Phi) is 6.14. The van der Waals surface area contributed by atoms with E-state index in [4.69, 9.17) is 16.6 Å². The Morgan fingerprint density at radius 3 is 2.73 bits per heavy atom. The molecule has 5 rings (SSSR count). The number of hydrogen-bond acceptors (Lipinski definition) is 5. The topological polar surface area (TPSA) is 56.4 Å². The summed E-state index contributed by atoms with van der Waals surface area (Å²) in [4.78, 5) is 35.1. The minimum absolute atomic E-state index is 0.0296. The van der Waals surface area contributed by atoms with Gasteiger partial charge in [-0.15, -0.1) is 11.3 Å². The molecule has 0 saturated heterocycles. The Balaban J connectivity index is 1.61. The third kappa shape index (κ3) is 4.26. The number of ketones is 1. The van der Waals surface area contributed by atoms with E-state index >= 15 is 0 Å². The van der Waals surface area contributed by atoms with Crippen LogP contribution in [0.4, 0.5) is 0 Å². The molecule has 0 saturated carbocycles. The van der Waals surface area contributed by atoms with E-state index < -0.39 is 0 Å². The van der Waals surface area contributed by atoms with Crippen LogP contribution < -0.4 is 10.5 Å². The lowest BCUT2D eigenvalue weighted by atomic mass is 10.1. The number of aryl methyl sites for hydroxylation is 1. The number of Topliss-reactive ketones (excluding diaryl/α,β-unsaturated/α-hetero) is 1. The zero-order chi connectivity index (χ0) is 23.1. The van der Waals surface area contributed by atoms with Crippen molar-refractivity contribution in [2.45, 2.75) is 25.0 Å². The second-order valence-electron chi connectivity index (χ2n) is 8.36. The van der Waals surface area contributed by atoms with Gasteiger partial charge in [0.2, 0.25) is 0 Å². The van der Waals surface area contributed by atoms with E-state index in [1.165, 1.54) is 21.5 Å². The molecule has 0 spiro atoms. The summed E-state index contributed by atoms with van der Waals surface area (Å²) >= 11 is 8.87. The highest BCUT2D eigenvalue weighted by Gasteiger charge is 2.26. The van der Waals surface area contributed by atoms with Gasteiger partial charge < -0.3 is 4.90 Å². The molecule has 0 radical (unpaired) electrons. The molecule has 5 nitrogen and oxygen atoms in total. The van der Waals surface area contributed by atoms with E-state index in [0.29, 0.717) is 15.7 Å². The number of thiophene rings is 1. The van der Waals surface area contributed by atoms with Crippen molar-refractivity contribution in [3.05, 3.63) is 85.5 Å². The first-order valence-corrected chi connectivity index (χ1v) is 13.0. The predicted molar refractivity (Wildman–Crippen MR) is 136 cm³/mol. The van der Waals surface area contributed by atoms with Gasteiger partial charge in [-0.3, -0.25) is 14.2 Å². The van der Waals surface area contributed by atoms with E-state index in [2.05, 4.69) is 7.05 Å². The number of rotatable bonds is 5. The molecule has 0 aliphatic carbocycles. The molecule has 8 heteroatoms. The molecule has 2 aromatic heterocycles. The van der Waals surface area contributed by atoms with Crippen molar-refractivity contribution in [1.29, 1.82) is 0 Å². The van der Waals surface area contributed by atoms with Crippen molar-refractivity contribution in [2.75, 3.05) is 19.3 Å². The number of nitrogens with one attached hydrogen (secondary N) is 1. The average molecular weight is 497 g/mol. The van der Waals surface area contributed by atoms with Crippen LogP contribution in [-0.4, -0.2) is 34.7 Å². The van der Waals surface area contributed by atoms with Crippen molar-refractivity contribution in [3.63, 3.8) is 0 Å². The maximum Gasteiger partial charge on any atom is 0.267 e. The lowest BCUT2D eigenvalue weighted by Gasteiger charge is -2.19. The second kappa shape index (κ2) is 9.06. The van der Waals surface area contributed by atoms with Gasteiger partial charge in [-0.2, -0.15) is 0 Å². The highest BCUT2D eigenvalue weighted by molar-refractivity contribution is 7.99. The number of aromatic nitrogens is 2. The average Bonchev–Trinajstić information content (AvgIpc) is 3.16. The van der Waals surface area contributed by atoms with Crippen molar-refractivity contribution in [2.24, 2.45) is 0 Å². The first kappa shape index (κ1) is 22.3. The summed E-state index contributed by atoms with van der Waals surface area (Å²) in [5, 5.41) is 1.87. The van der Waals surface area contributed by atoms with Gasteiger partial charge in [0, 0.05) is 17.0 Å². The van der Waals surface area contributed by atoms with E-state index in [-0.39, 0.29) is 17.1 Å². The van der Waals surface area contributed by atoms with Crippen LogP contribution in [0.5, 0.6) is 0 Å². The number of likely N-dealkylation sites (N-methyl/N-ethyl adjacent to an activating group) is 1. The van der Waals surface area contributed by atoms with Gasteiger partial charge >= 0.3 is 0 Å². The second-order valence-corrected chi connectivity index (χ2v) is 10.8. The third-order valence-corrected chi connectivity index (χ3v) is 8.31. The molecule has 0 bridgehead atoms. The van der Waals surface area contributed by atoms with Gasteiger partial charge in [0.15, 0.2) is 10.9 Å². The minimum Gasteiger partial charge on any atom is -0.333 e. The van der Waals surface area contributed by atoms with Gasteiger partial charge in [0.1, 0.15) is 11.4 Å². The first-order chi connectivity index (χ1) is 15.9. The number of quaternary nitrogens is 1. The molecule has 1 N–H and O–H groups in total. The normalized spacial score (nSPS) is 15.5. The molecule has 3 heterocycles. The highest BCUT2D eigenvalue weighted by atomic mass is 35.5. The van der Waals surface area contributed by atoms with Crippen molar-refractivity contribution >= 4 is 50.7 Å². The van der Waals surface area contributed by atoms with Crippen molar-refractivity contribution < 1.29 is 9.69 Å². The van der Waals surface area contributed by atoms with Crippen molar-refractivity contribution in [1.82, 2.24) is 9.55 Å². The molecule has 0 fully saturated rings. The Bertz CT molecular complexity index is 1430. The van der Waals surface area contributed by atoms with E-state index in [1.54, 1.807) is 40.2 Å². The zero-order valence-corrected chi connectivity index (χ0v) is 20.7. The van der Waals surface area contributed by atoms with Crippen LogP contribution in [0.2, 0.25) is 5.02 Å². The summed E-state index contributed by atoms with van der Waals surface area (Å²) < 4.78 is 1.69. The number of thioether (sulfide) groups is 1. The fourth-order valence-corrected chi connectivity index (χ4v) is 6.61. The van der Waals surface area contributed by atoms with Crippen LogP contribution in [0.25, 0.3) is 15.9 Å². The fraction of sp³-hybridized carbons (Fsp3) is 0.240. The smallest absolute Gasteiger partial charge is 0.267 e. The van der Waals surface area contributed by atoms with Gasteiger partial charge in [-0.1, -0.05) is 41.6 Å². The quantitative estimate of drug-likeness (QED) is 0.258. The van der Waals surface area contributed by atoms with Gasteiger partial charge in [0.25, 0.3) is 5.56 Å². The number of benzene rings is 2. The van der Waals surface area contributed by atoms with Crippen LogP contribution in [-0.2, 0) is 13.0 Å². The summed E-state index contributed by atoms with van der Waals surface area (Å²) in [6.07, 6.45) is 0.882. The molecule has 2 aromatic carbocycles. The monoisotopic (exact) mass is 496 g/mol. The van der Waals surface area contributed by atoms with Crippen LogP contribution in [0.3, 0.4) is 0 Å². The number of nitrogens with zero attached hydrogens (tertiary/aromatic N) is 2. The Morgan fingerprint density at radius 2 is 1.97 bits per heavy atom. The number of para-hydroxylation sites is 1. The SMILES string of the molecule is Cc1ccccc1-n1c(SCC(=O)c2ccc(Cl)cc2)nc2sc3c(c2c1=O)CC[NH+](C)C3. The molecule has 1 aliphatic rings. The van der Waals surface area contributed by atoms with E-state index in [1.807, 2.05) is 31.2 Å². The summed E-state index contributed by atoms with van der Waals surface area (Å²) in [7, 11) is 2.18. The van der Waals surface area contributed by atoms with Crippen LogP contribution >= 0.6 is 34.7 Å². The summed E-state index contributed by atoms with van der Waals surface area (Å²) in [6, 6.07) is 14.7. The Labute approximate surface area is 205 Å². The highest BCUT2D eigenvalue weighted by Crippen LogP contribution is 2.32. The Morgan fingerprint density at radius 1 is 1.21 bits per heavy atom. The molecular weight excluding hydrogens is 474 g/mol. The number of carbonyl (C=O) groups is 1. The largest absolute Gasteiger partial charge is 0.333 e. The zero-order valence-electron chi connectivity index (χ0n) is 18.4. The lowest BCUT2D eigenvalue weighted by molar-refractivity contribution is -0.895. The van der Waals surface area contributed by atoms with Gasteiger partial charge in [0.05, 0.1) is 35.3 Å². The number of hydrogen-bond donors (Lipinski definition) is 1. The third-order valence-electron chi connectivity index (χ3n) is 6.00. The predicted octanol–water partition coefficient (Wildman–Crippen LogP) is 3.95. The minimum atomic E-state index is -0.0483. The summed E-state index contributed by atoms with van der Waals surface area (Å²) in [5.74, 6) is 0.154. The van der Waals surface area contributed by atoms with E-state index in [0.717, 1.165) is 46.5 Å². The molecule has 0 amide bonds. The Hall–Kier alpha value is -2.45. The number of fused-ring (bicyclic) bond motifs is 3. The standard InChI is InChI=1S/C25H22ClN3O2S2/c1-15-5-3-4-6-19(15)29-24(31)22-18-11-12-28(2)13-21(18)33-23(22)27-25(29)32-14-20(30)16-7-9-17(26)10-8-16/h3-10H,11-14H2,1-2H3/p+1. The number of carbonyl (C=O) groups excluding carboxylic acids is 1. The van der Waals surface area contributed by atoms with Gasteiger partial charge in [-0.25, -0.2) is 4.98 Å². The van der Waals surface area contributed by atoms with Crippen LogP contribution in [0.1, 0.15) is 26.4 Å². The molecule has 33 heavy (non-hydrogen) atoms. The lowest BCUT2D eigenvalue weighted by Crippen LogP contribution is -3.08. The summed E-state index contributed by atoms with van der Waals surface area (Å²) in [6.45, 7) is 3.91. The molecule has 168 valence electrons. The molecule has 1 atom stereocenters. The fourth-order valence-electron chi connectivity index (χ4n) is 4.21. The molecule has 1 aliphatic heterocycles. The first-order valence-electron chi connectivity index (χ1n) is 10.8. The van der Waals surface area contributed by atoms with Crippen LogP contribution in [0.15, 0.2) is 58.5 Å². The maximum absolute atomic E-state index is 13.9. The number of halogens is 1. The maximum atomic E-state index is 13.9.